The normalized spacial score (nSPS) is 10.8. The van der Waals surface area contributed by atoms with Crippen LogP contribution in [0.15, 0.2) is 36.4 Å². The number of ketones is 2. The standard InChI is InChI=1S/C42H58O10/c1-5-9-13-15-19-21-35(43)31-25-27-37(49-39(45)23-17-11-7-3)33(29-31)41(47)51-52-42(48)34-30-32(36(44)22-20-16-14-10-6-2)26-28-38(34)50-40(46)24-18-12-8-4/h25-30H,5-24H2,1-4H3. The number of benzene rings is 2. The van der Waals surface area contributed by atoms with Gasteiger partial charge in [0.15, 0.2) is 11.6 Å². The summed E-state index contributed by atoms with van der Waals surface area (Å²) in [4.78, 5) is 87.8. The molecule has 10 nitrogen and oxygen atoms in total. The van der Waals surface area contributed by atoms with Crippen molar-refractivity contribution in [2.24, 2.45) is 0 Å². The zero-order valence-corrected chi connectivity index (χ0v) is 31.7. The van der Waals surface area contributed by atoms with Crippen LogP contribution in [-0.4, -0.2) is 35.4 Å². The molecular formula is C42H58O10. The lowest BCUT2D eigenvalue weighted by molar-refractivity contribution is -0.187. The Morgan fingerprint density at radius 1 is 0.423 bits per heavy atom. The largest absolute Gasteiger partial charge is 0.426 e. The van der Waals surface area contributed by atoms with Gasteiger partial charge in [0.2, 0.25) is 0 Å². The molecule has 0 aliphatic heterocycles. The second kappa shape index (κ2) is 25.6. The van der Waals surface area contributed by atoms with Gasteiger partial charge in [0.05, 0.1) is 0 Å². The fourth-order valence-corrected chi connectivity index (χ4v) is 5.52. The van der Waals surface area contributed by atoms with Crippen molar-refractivity contribution in [3.63, 3.8) is 0 Å². The van der Waals surface area contributed by atoms with Gasteiger partial charge in [0, 0.05) is 36.8 Å². The molecule has 0 aliphatic rings. The number of carbonyl (C=O) groups excluding carboxylic acids is 6. The fraction of sp³-hybridized carbons (Fsp3) is 0.571. The third kappa shape index (κ3) is 16.3. The molecule has 0 radical (unpaired) electrons. The van der Waals surface area contributed by atoms with Crippen molar-refractivity contribution in [3.05, 3.63) is 58.7 Å². The molecule has 2 aromatic rings. The Hall–Kier alpha value is -4.34. The maximum Gasteiger partial charge on any atom is 0.390 e. The maximum absolute atomic E-state index is 13.4. The number of rotatable bonds is 26. The Labute approximate surface area is 309 Å². The molecule has 52 heavy (non-hydrogen) atoms. The van der Waals surface area contributed by atoms with Crippen molar-refractivity contribution in [3.8, 4) is 11.5 Å². The number of esters is 2. The zero-order chi connectivity index (χ0) is 38.1. The molecule has 0 saturated carbocycles. The number of ether oxygens (including phenoxy) is 2. The average molecular weight is 723 g/mol. The summed E-state index contributed by atoms with van der Waals surface area (Å²) in [7, 11) is 0. The number of hydrogen-bond donors (Lipinski definition) is 0. The van der Waals surface area contributed by atoms with Crippen molar-refractivity contribution < 1.29 is 48.0 Å². The molecule has 0 unspecified atom stereocenters. The first kappa shape index (κ1) is 43.8. The first-order chi connectivity index (χ1) is 25.1. The molecule has 286 valence electrons. The van der Waals surface area contributed by atoms with Gasteiger partial charge >= 0.3 is 23.9 Å². The van der Waals surface area contributed by atoms with Gasteiger partial charge in [0.1, 0.15) is 22.6 Å². The van der Waals surface area contributed by atoms with Crippen LogP contribution in [0.5, 0.6) is 11.5 Å². The first-order valence-electron chi connectivity index (χ1n) is 19.3. The third-order valence-corrected chi connectivity index (χ3v) is 8.67. The van der Waals surface area contributed by atoms with E-state index in [1.165, 1.54) is 36.4 Å². The molecule has 2 rings (SSSR count). The molecule has 0 heterocycles. The van der Waals surface area contributed by atoms with E-state index in [1.807, 2.05) is 13.8 Å². The molecule has 0 amide bonds. The summed E-state index contributed by atoms with van der Waals surface area (Å²) < 4.78 is 11.0. The SMILES string of the molecule is CCCCCCCC(=O)c1ccc(OC(=O)CCCCC)c(C(=O)OOC(=O)c2cc(C(=O)CCCCCCC)ccc2OC(=O)CCCCC)c1. The number of carbonyl (C=O) groups is 6. The Kier molecular flexibility index (Phi) is 21.6. The second-order valence-electron chi connectivity index (χ2n) is 13.2. The minimum absolute atomic E-state index is 0.128. The molecule has 0 bridgehead atoms. The highest BCUT2D eigenvalue weighted by Gasteiger charge is 2.25. The highest BCUT2D eigenvalue weighted by Crippen LogP contribution is 2.27. The quantitative estimate of drug-likeness (QED) is 0.0230. The van der Waals surface area contributed by atoms with Crippen molar-refractivity contribution in [2.75, 3.05) is 0 Å². The number of Topliss-reactive ketones (excluding diaryl/α,β-unsaturated/α-hetero) is 2. The lowest BCUT2D eigenvalue weighted by Gasteiger charge is -2.13. The topological polar surface area (TPSA) is 139 Å². The van der Waals surface area contributed by atoms with Gasteiger partial charge in [-0.15, -0.1) is 0 Å². The fourth-order valence-electron chi connectivity index (χ4n) is 5.52. The predicted octanol–water partition coefficient (Wildman–Crippen LogP) is 10.7. The Morgan fingerprint density at radius 2 is 0.750 bits per heavy atom. The van der Waals surface area contributed by atoms with Crippen molar-refractivity contribution in [1.29, 1.82) is 0 Å². The van der Waals surface area contributed by atoms with Gasteiger partial charge in [-0.1, -0.05) is 105 Å². The Bertz CT molecular complexity index is 1350. The molecule has 0 aromatic heterocycles. The lowest BCUT2D eigenvalue weighted by Crippen LogP contribution is -2.17. The number of hydrogen-bond acceptors (Lipinski definition) is 10. The highest BCUT2D eigenvalue weighted by atomic mass is 17.2. The van der Waals surface area contributed by atoms with Crippen LogP contribution in [0.1, 0.15) is 198 Å². The van der Waals surface area contributed by atoms with E-state index in [-0.39, 0.29) is 71.0 Å². The summed E-state index contributed by atoms with van der Waals surface area (Å²) in [6.45, 7) is 8.23. The van der Waals surface area contributed by atoms with E-state index < -0.39 is 23.9 Å². The maximum atomic E-state index is 13.4. The summed E-state index contributed by atoms with van der Waals surface area (Å²) in [5.41, 5.74) is -0.110. The summed E-state index contributed by atoms with van der Waals surface area (Å²) in [5, 5.41) is 0. The average Bonchev–Trinajstić information content (AvgIpc) is 3.13. The lowest BCUT2D eigenvalue weighted by atomic mass is 10.0. The van der Waals surface area contributed by atoms with E-state index >= 15 is 0 Å². The molecule has 2 aromatic carbocycles. The van der Waals surface area contributed by atoms with Crippen LogP contribution in [-0.2, 0) is 19.4 Å². The summed E-state index contributed by atoms with van der Waals surface area (Å²) in [6, 6.07) is 8.21. The summed E-state index contributed by atoms with van der Waals surface area (Å²) in [5.74, 6) is -4.16. The van der Waals surface area contributed by atoms with Crippen molar-refractivity contribution in [2.45, 2.75) is 156 Å². The smallest absolute Gasteiger partial charge is 0.390 e. The predicted molar refractivity (Wildman–Crippen MR) is 199 cm³/mol. The van der Waals surface area contributed by atoms with Gasteiger partial charge < -0.3 is 9.47 Å². The van der Waals surface area contributed by atoms with E-state index in [0.717, 1.165) is 77.0 Å². The van der Waals surface area contributed by atoms with Crippen molar-refractivity contribution in [1.82, 2.24) is 0 Å². The van der Waals surface area contributed by atoms with Crippen LogP contribution in [0, 0.1) is 0 Å². The molecular weight excluding hydrogens is 664 g/mol. The van der Waals surface area contributed by atoms with Gasteiger partial charge in [-0.3, -0.25) is 19.2 Å². The van der Waals surface area contributed by atoms with E-state index in [1.54, 1.807) is 0 Å². The van der Waals surface area contributed by atoms with E-state index in [2.05, 4.69) is 13.8 Å². The van der Waals surface area contributed by atoms with Crippen LogP contribution in [0.2, 0.25) is 0 Å². The van der Waals surface area contributed by atoms with E-state index in [9.17, 15) is 28.8 Å². The minimum Gasteiger partial charge on any atom is -0.426 e. The second-order valence-corrected chi connectivity index (χ2v) is 13.2. The molecule has 0 fully saturated rings. The highest BCUT2D eigenvalue weighted by molar-refractivity contribution is 6.02. The van der Waals surface area contributed by atoms with Crippen LogP contribution >= 0.6 is 0 Å². The molecule has 0 spiro atoms. The minimum atomic E-state index is -1.18. The first-order valence-corrected chi connectivity index (χ1v) is 19.3. The summed E-state index contributed by atoms with van der Waals surface area (Å²) >= 11 is 0. The van der Waals surface area contributed by atoms with Crippen LogP contribution in [0.3, 0.4) is 0 Å². The molecule has 0 atom stereocenters. The van der Waals surface area contributed by atoms with Gasteiger partial charge in [-0.2, -0.15) is 0 Å². The summed E-state index contributed by atoms with van der Waals surface area (Å²) in [6.07, 6.45) is 15.0. The van der Waals surface area contributed by atoms with Crippen LogP contribution < -0.4 is 9.47 Å². The Balaban J connectivity index is 2.30. The van der Waals surface area contributed by atoms with Crippen LogP contribution in [0.25, 0.3) is 0 Å². The molecule has 10 heteroatoms. The number of unbranched alkanes of at least 4 members (excludes halogenated alkanes) is 12. The molecule has 0 N–H and O–H groups in total. The van der Waals surface area contributed by atoms with E-state index in [4.69, 9.17) is 19.2 Å². The monoisotopic (exact) mass is 722 g/mol. The van der Waals surface area contributed by atoms with Crippen molar-refractivity contribution >= 4 is 35.4 Å². The van der Waals surface area contributed by atoms with Crippen LogP contribution in [0.4, 0.5) is 0 Å². The Morgan fingerprint density at radius 3 is 1.12 bits per heavy atom. The van der Waals surface area contributed by atoms with Gasteiger partial charge in [-0.05, 0) is 62.1 Å². The molecule has 0 aliphatic carbocycles. The van der Waals surface area contributed by atoms with E-state index in [0.29, 0.717) is 25.7 Å². The zero-order valence-electron chi connectivity index (χ0n) is 31.7. The molecule has 0 saturated heterocycles. The van der Waals surface area contributed by atoms with Gasteiger partial charge in [0.25, 0.3) is 0 Å². The van der Waals surface area contributed by atoms with Gasteiger partial charge in [-0.25, -0.2) is 19.4 Å². The third-order valence-electron chi connectivity index (χ3n) is 8.67.